The van der Waals surface area contributed by atoms with Crippen LogP contribution in [0.4, 0.5) is 13.2 Å². The highest BCUT2D eigenvalue weighted by Crippen LogP contribution is 2.34. The van der Waals surface area contributed by atoms with E-state index in [9.17, 15) is 32.3 Å². The summed E-state index contributed by atoms with van der Waals surface area (Å²) in [6.07, 6.45) is -7.61. The quantitative estimate of drug-likeness (QED) is 0.291. The molecular weight excluding hydrogens is 517 g/mol. The van der Waals surface area contributed by atoms with Crippen LogP contribution in [0.1, 0.15) is 42.3 Å². The summed E-state index contributed by atoms with van der Waals surface area (Å²) in [5.74, 6) is -1.95. The van der Waals surface area contributed by atoms with Crippen molar-refractivity contribution in [3.63, 3.8) is 0 Å². The molecule has 1 aliphatic heterocycles. The van der Waals surface area contributed by atoms with Gasteiger partial charge in [0.1, 0.15) is 5.75 Å². The Labute approximate surface area is 214 Å². The van der Waals surface area contributed by atoms with Gasteiger partial charge in [0, 0.05) is 37.7 Å². The molecule has 2 aromatic rings. The van der Waals surface area contributed by atoms with Crippen molar-refractivity contribution >= 4 is 35.5 Å². The van der Waals surface area contributed by atoms with Gasteiger partial charge in [-0.1, -0.05) is 12.1 Å². The van der Waals surface area contributed by atoms with Gasteiger partial charge < -0.3 is 18.9 Å². The molecule has 0 spiro atoms. The van der Waals surface area contributed by atoms with Gasteiger partial charge in [-0.2, -0.15) is 13.2 Å². The fourth-order valence-electron chi connectivity index (χ4n) is 3.61. The molecule has 12 heteroatoms. The second-order valence-corrected chi connectivity index (χ2v) is 9.18. The van der Waals surface area contributed by atoms with Crippen molar-refractivity contribution in [2.45, 2.75) is 50.7 Å². The maximum absolute atomic E-state index is 12.8. The zero-order valence-electron chi connectivity index (χ0n) is 19.9. The van der Waals surface area contributed by atoms with E-state index in [1.54, 1.807) is 0 Å². The standard InChI is InChI=1S/C25H23F3O8S/c1-13(29)33-20-12-37-24(23(35-15(3)31)22(20)34-14(2)30)36-19-10-6-17(7-11-19)21(32)16-4-8-18(9-5-16)25(26,27)28/h4-11,20,22-24H,12H2,1-3H3/t20-,22+,23-,24+/m1/s1. The monoisotopic (exact) mass is 540 g/mol. The number of rotatable bonds is 7. The smallest absolute Gasteiger partial charge is 0.416 e. The number of benzene rings is 2. The minimum Gasteiger partial charge on any atom is -0.476 e. The van der Waals surface area contributed by atoms with Crippen molar-refractivity contribution in [2.75, 3.05) is 5.75 Å². The van der Waals surface area contributed by atoms with Gasteiger partial charge in [-0.25, -0.2) is 0 Å². The van der Waals surface area contributed by atoms with E-state index in [-0.39, 0.29) is 22.6 Å². The fraction of sp³-hybridized carbons (Fsp3) is 0.360. The van der Waals surface area contributed by atoms with E-state index in [4.69, 9.17) is 18.9 Å². The second-order valence-electron chi connectivity index (χ2n) is 8.04. The van der Waals surface area contributed by atoms with Crippen molar-refractivity contribution in [3.8, 4) is 5.75 Å². The van der Waals surface area contributed by atoms with Crippen LogP contribution in [0.15, 0.2) is 48.5 Å². The molecule has 0 unspecified atom stereocenters. The minimum atomic E-state index is -4.51. The van der Waals surface area contributed by atoms with Gasteiger partial charge in [-0.15, -0.1) is 11.8 Å². The SMILES string of the molecule is CC(=O)O[C@@H]1[C@@H](OC(C)=O)[C@@H](Oc2ccc(C(=O)c3ccc(C(F)(F)F)cc3)cc2)SC[C@H]1OC(C)=O. The van der Waals surface area contributed by atoms with Crippen molar-refractivity contribution in [2.24, 2.45) is 0 Å². The third-order valence-corrected chi connectivity index (χ3v) is 6.36. The molecule has 0 N–H and O–H groups in total. The van der Waals surface area contributed by atoms with E-state index in [1.807, 2.05) is 0 Å². The lowest BCUT2D eigenvalue weighted by Crippen LogP contribution is -2.55. The van der Waals surface area contributed by atoms with E-state index in [1.165, 1.54) is 56.8 Å². The highest BCUT2D eigenvalue weighted by molar-refractivity contribution is 7.99. The summed E-state index contributed by atoms with van der Waals surface area (Å²) < 4.78 is 60.2. The van der Waals surface area contributed by atoms with Crippen LogP contribution in [0.25, 0.3) is 0 Å². The summed E-state index contributed by atoms with van der Waals surface area (Å²) >= 11 is 1.17. The Morgan fingerprint density at radius 1 is 0.757 bits per heavy atom. The summed E-state index contributed by atoms with van der Waals surface area (Å²) in [5.41, 5.74) is -1.41. The lowest BCUT2D eigenvalue weighted by molar-refractivity contribution is -0.186. The Hall–Kier alpha value is -3.54. The van der Waals surface area contributed by atoms with Crippen molar-refractivity contribution < 1.29 is 51.3 Å². The van der Waals surface area contributed by atoms with Gasteiger partial charge in [0.15, 0.2) is 29.5 Å². The first-order chi connectivity index (χ1) is 17.3. The highest BCUT2D eigenvalue weighted by atomic mass is 32.2. The third-order valence-electron chi connectivity index (χ3n) is 5.15. The van der Waals surface area contributed by atoms with E-state index in [2.05, 4.69) is 0 Å². The van der Waals surface area contributed by atoms with Crippen LogP contribution in [0.2, 0.25) is 0 Å². The lowest BCUT2D eigenvalue weighted by atomic mass is 10.0. The number of hydrogen-bond acceptors (Lipinski definition) is 9. The van der Waals surface area contributed by atoms with E-state index in [0.717, 1.165) is 24.3 Å². The number of hydrogen-bond donors (Lipinski definition) is 0. The maximum Gasteiger partial charge on any atom is 0.416 e. The van der Waals surface area contributed by atoms with Gasteiger partial charge >= 0.3 is 24.1 Å². The zero-order chi connectivity index (χ0) is 27.3. The first-order valence-electron chi connectivity index (χ1n) is 11.0. The topological polar surface area (TPSA) is 105 Å². The van der Waals surface area contributed by atoms with Crippen LogP contribution < -0.4 is 4.74 Å². The van der Waals surface area contributed by atoms with Gasteiger partial charge in [0.25, 0.3) is 0 Å². The molecule has 0 aliphatic carbocycles. The Kier molecular flexibility index (Phi) is 8.85. The average Bonchev–Trinajstić information content (AvgIpc) is 2.81. The summed E-state index contributed by atoms with van der Waals surface area (Å²) in [6, 6.07) is 9.71. The van der Waals surface area contributed by atoms with Crippen LogP contribution in [0, 0.1) is 0 Å². The van der Waals surface area contributed by atoms with Crippen LogP contribution >= 0.6 is 11.8 Å². The van der Waals surface area contributed by atoms with Crippen molar-refractivity contribution in [3.05, 3.63) is 65.2 Å². The van der Waals surface area contributed by atoms with Gasteiger partial charge in [0.05, 0.1) is 5.56 Å². The first kappa shape index (κ1) is 28.0. The normalized spacial score (nSPS) is 21.5. The first-order valence-corrected chi connectivity index (χ1v) is 12.0. The molecule has 37 heavy (non-hydrogen) atoms. The molecule has 0 radical (unpaired) electrons. The van der Waals surface area contributed by atoms with Crippen LogP contribution in [0.5, 0.6) is 5.75 Å². The molecule has 1 fully saturated rings. The van der Waals surface area contributed by atoms with Crippen LogP contribution in [-0.2, 0) is 34.8 Å². The predicted molar refractivity (Wildman–Crippen MR) is 125 cm³/mol. The Bertz CT molecular complexity index is 1150. The van der Waals surface area contributed by atoms with Crippen molar-refractivity contribution in [1.29, 1.82) is 0 Å². The Morgan fingerprint density at radius 3 is 1.73 bits per heavy atom. The number of halogens is 3. The molecule has 0 amide bonds. The second kappa shape index (κ2) is 11.7. The number of ether oxygens (including phenoxy) is 4. The average molecular weight is 541 g/mol. The largest absolute Gasteiger partial charge is 0.476 e. The zero-order valence-corrected chi connectivity index (χ0v) is 20.8. The molecule has 198 valence electrons. The number of ketones is 1. The summed E-state index contributed by atoms with van der Waals surface area (Å²) in [6.45, 7) is 3.54. The number of carbonyl (C=O) groups excluding carboxylic acids is 4. The lowest BCUT2D eigenvalue weighted by Gasteiger charge is -2.39. The molecule has 8 nitrogen and oxygen atoms in total. The van der Waals surface area contributed by atoms with E-state index >= 15 is 0 Å². The number of alkyl halides is 3. The minimum absolute atomic E-state index is 0.0835. The highest BCUT2D eigenvalue weighted by Gasteiger charge is 2.47. The van der Waals surface area contributed by atoms with Gasteiger partial charge in [-0.05, 0) is 36.4 Å². The molecule has 1 aliphatic rings. The molecule has 1 saturated heterocycles. The molecule has 1 heterocycles. The maximum atomic E-state index is 12.8. The fourth-order valence-corrected chi connectivity index (χ4v) is 4.82. The van der Waals surface area contributed by atoms with E-state index in [0.29, 0.717) is 0 Å². The van der Waals surface area contributed by atoms with Crippen LogP contribution in [0.3, 0.4) is 0 Å². The summed E-state index contributed by atoms with van der Waals surface area (Å²) in [4.78, 5) is 47.6. The molecule has 3 rings (SSSR count). The predicted octanol–water partition coefficient (Wildman–Crippen LogP) is 4.18. The molecule has 0 saturated carbocycles. The molecule has 0 bridgehead atoms. The van der Waals surface area contributed by atoms with Crippen LogP contribution in [-0.4, -0.2) is 53.2 Å². The van der Waals surface area contributed by atoms with E-state index < -0.39 is 59.2 Å². The van der Waals surface area contributed by atoms with Gasteiger partial charge in [0.2, 0.25) is 0 Å². The Morgan fingerprint density at radius 2 is 1.24 bits per heavy atom. The molecular formula is C25H23F3O8S. The summed E-state index contributed by atoms with van der Waals surface area (Å²) in [5, 5.41) is 0. The number of thioether (sulfide) groups is 1. The van der Waals surface area contributed by atoms with Crippen molar-refractivity contribution in [1.82, 2.24) is 0 Å². The van der Waals surface area contributed by atoms with Gasteiger partial charge in [-0.3, -0.25) is 19.2 Å². The third kappa shape index (κ3) is 7.48. The number of carbonyl (C=O) groups is 4. The molecule has 0 aromatic heterocycles. The molecule has 2 aromatic carbocycles. The summed E-state index contributed by atoms with van der Waals surface area (Å²) in [7, 11) is 0. The Balaban J connectivity index is 1.77. The number of esters is 3. The molecule has 4 atom stereocenters.